The van der Waals surface area contributed by atoms with Gasteiger partial charge in [-0.3, -0.25) is 0 Å². The molecule has 3 heteroatoms. The van der Waals surface area contributed by atoms with Crippen molar-refractivity contribution in [3.8, 4) is 12.3 Å². The number of hydrogen-bond donors (Lipinski definition) is 2. The van der Waals surface area contributed by atoms with Crippen LogP contribution in [0.4, 0.5) is 0 Å². The molecule has 1 aromatic carbocycles. The van der Waals surface area contributed by atoms with Crippen LogP contribution in [-0.2, 0) is 10.2 Å². The molecule has 0 fully saturated rings. The fraction of sp³-hybridized carbons (Fsp3) is 0.308. The summed E-state index contributed by atoms with van der Waals surface area (Å²) in [4.78, 5) is 10.8. The first-order valence-corrected chi connectivity index (χ1v) is 4.87. The number of aliphatic carboxylic acids is 1. The zero-order valence-electron chi connectivity index (χ0n) is 9.27. The van der Waals surface area contributed by atoms with Crippen molar-refractivity contribution >= 4 is 5.97 Å². The fourth-order valence-electron chi connectivity index (χ4n) is 1.48. The van der Waals surface area contributed by atoms with Crippen molar-refractivity contribution in [1.82, 2.24) is 0 Å². The summed E-state index contributed by atoms with van der Waals surface area (Å²) in [6, 6.07) is 6.98. The van der Waals surface area contributed by atoms with Gasteiger partial charge in [0.05, 0.1) is 0 Å². The van der Waals surface area contributed by atoms with E-state index in [2.05, 4.69) is 5.92 Å². The summed E-state index contributed by atoms with van der Waals surface area (Å²) in [6.45, 7) is 3.34. The Bertz CT molecular complexity index is 441. The SMILES string of the molecule is C#Cc1cccc(C(C)(C)C(O)C(=O)O)c1. The molecule has 16 heavy (non-hydrogen) atoms. The predicted octanol–water partition coefficient (Wildman–Crippen LogP) is 1.39. The third kappa shape index (κ3) is 2.23. The minimum atomic E-state index is -1.46. The Morgan fingerprint density at radius 1 is 1.50 bits per heavy atom. The van der Waals surface area contributed by atoms with Crippen molar-refractivity contribution in [1.29, 1.82) is 0 Å². The van der Waals surface area contributed by atoms with Crippen LogP contribution in [-0.4, -0.2) is 22.3 Å². The lowest BCUT2D eigenvalue weighted by molar-refractivity contribution is -0.150. The van der Waals surface area contributed by atoms with Crippen molar-refractivity contribution in [3.05, 3.63) is 35.4 Å². The highest BCUT2D eigenvalue weighted by atomic mass is 16.4. The molecule has 0 heterocycles. The van der Waals surface area contributed by atoms with E-state index >= 15 is 0 Å². The van der Waals surface area contributed by atoms with Crippen LogP contribution in [0.1, 0.15) is 25.0 Å². The Morgan fingerprint density at radius 3 is 2.62 bits per heavy atom. The van der Waals surface area contributed by atoms with E-state index in [1.165, 1.54) is 0 Å². The first-order chi connectivity index (χ1) is 7.39. The minimum absolute atomic E-state index is 0.670. The van der Waals surface area contributed by atoms with Gasteiger partial charge in [0.15, 0.2) is 6.10 Å². The first-order valence-electron chi connectivity index (χ1n) is 4.87. The molecule has 0 spiro atoms. The fourth-order valence-corrected chi connectivity index (χ4v) is 1.48. The minimum Gasteiger partial charge on any atom is -0.479 e. The maximum Gasteiger partial charge on any atom is 0.333 e. The van der Waals surface area contributed by atoms with E-state index in [-0.39, 0.29) is 0 Å². The van der Waals surface area contributed by atoms with Crippen LogP contribution in [0.25, 0.3) is 0 Å². The second-order valence-electron chi connectivity index (χ2n) is 4.19. The number of hydrogen-bond acceptors (Lipinski definition) is 2. The van der Waals surface area contributed by atoms with Crippen molar-refractivity contribution in [2.75, 3.05) is 0 Å². The molecule has 1 unspecified atom stereocenters. The quantitative estimate of drug-likeness (QED) is 0.754. The molecule has 0 aliphatic heterocycles. The molecule has 1 aromatic rings. The van der Waals surface area contributed by atoms with Gasteiger partial charge >= 0.3 is 5.97 Å². The number of carboxylic acids is 1. The zero-order valence-corrected chi connectivity index (χ0v) is 9.27. The monoisotopic (exact) mass is 218 g/mol. The molecule has 0 aliphatic rings. The van der Waals surface area contributed by atoms with Gasteiger partial charge in [0.1, 0.15) is 0 Å². The third-order valence-electron chi connectivity index (χ3n) is 2.69. The molecule has 0 bridgehead atoms. The standard InChI is InChI=1S/C13H14O3/c1-4-9-6-5-7-10(8-9)13(2,3)11(14)12(15)16/h1,5-8,11,14H,2-3H3,(H,15,16). The van der Waals surface area contributed by atoms with Crippen LogP contribution in [0.5, 0.6) is 0 Å². The average Bonchev–Trinajstić information content (AvgIpc) is 2.27. The van der Waals surface area contributed by atoms with Gasteiger partial charge in [-0.2, -0.15) is 0 Å². The molecule has 0 radical (unpaired) electrons. The van der Waals surface area contributed by atoms with E-state index in [9.17, 15) is 9.90 Å². The highest BCUT2D eigenvalue weighted by Gasteiger charge is 2.35. The molecule has 1 atom stereocenters. The molecule has 0 amide bonds. The Morgan fingerprint density at radius 2 is 2.12 bits per heavy atom. The number of benzene rings is 1. The molecular weight excluding hydrogens is 204 g/mol. The number of carboxylic acid groups (broad SMARTS) is 1. The molecule has 2 N–H and O–H groups in total. The molecule has 84 valence electrons. The topological polar surface area (TPSA) is 57.5 Å². The number of rotatable bonds is 3. The molecule has 0 aromatic heterocycles. The molecule has 1 rings (SSSR count). The second-order valence-corrected chi connectivity index (χ2v) is 4.19. The van der Waals surface area contributed by atoms with Crippen molar-refractivity contribution in [2.45, 2.75) is 25.4 Å². The summed E-state index contributed by atoms with van der Waals surface area (Å²) in [6.07, 6.45) is 3.81. The highest BCUT2D eigenvalue weighted by molar-refractivity contribution is 5.74. The van der Waals surface area contributed by atoms with Crippen LogP contribution in [0.15, 0.2) is 24.3 Å². The van der Waals surface area contributed by atoms with E-state index in [0.717, 1.165) is 0 Å². The van der Waals surface area contributed by atoms with Crippen LogP contribution in [0.3, 0.4) is 0 Å². The summed E-state index contributed by atoms with van der Waals surface area (Å²) in [7, 11) is 0. The van der Waals surface area contributed by atoms with Crippen molar-refractivity contribution in [3.63, 3.8) is 0 Å². The van der Waals surface area contributed by atoms with Crippen LogP contribution in [0.2, 0.25) is 0 Å². The van der Waals surface area contributed by atoms with Gasteiger partial charge < -0.3 is 10.2 Å². The number of aliphatic hydroxyl groups is 1. The number of carbonyl (C=O) groups is 1. The van der Waals surface area contributed by atoms with Gasteiger partial charge in [-0.25, -0.2) is 4.79 Å². The second kappa shape index (κ2) is 4.38. The summed E-state index contributed by atoms with van der Waals surface area (Å²) < 4.78 is 0. The highest BCUT2D eigenvalue weighted by Crippen LogP contribution is 2.27. The lowest BCUT2D eigenvalue weighted by Gasteiger charge is -2.28. The Hall–Kier alpha value is -1.79. The Labute approximate surface area is 94.7 Å². The number of terminal acetylenes is 1. The van der Waals surface area contributed by atoms with Gasteiger partial charge in [-0.05, 0) is 17.7 Å². The van der Waals surface area contributed by atoms with Gasteiger partial charge in [-0.15, -0.1) is 6.42 Å². The lowest BCUT2D eigenvalue weighted by Crippen LogP contribution is -2.39. The normalized spacial score (nSPS) is 12.9. The molecule has 0 saturated heterocycles. The Balaban J connectivity index is 3.16. The maximum atomic E-state index is 10.8. The van der Waals surface area contributed by atoms with Crippen LogP contribution in [0, 0.1) is 12.3 Å². The van der Waals surface area contributed by atoms with Crippen LogP contribution < -0.4 is 0 Å². The van der Waals surface area contributed by atoms with Crippen LogP contribution >= 0.6 is 0 Å². The first kappa shape index (κ1) is 12.3. The number of aliphatic hydroxyl groups excluding tert-OH is 1. The third-order valence-corrected chi connectivity index (χ3v) is 2.69. The largest absolute Gasteiger partial charge is 0.479 e. The summed E-state index contributed by atoms with van der Waals surface area (Å²) in [5.41, 5.74) is 0.500. The summed E-state index contributed by atoms with van der Waals surface area (Å²) >= 11 is 0. The summed E-state index contributed by atoms with van der Waals surface area (Å²) in [5, 5.41) is 18.4. The average molecular weight is 218 g/mol. The lowest BCUT2D eigenvalue weighted by atomic mass is 9.79. The predicted molar refractivity (Wildman–Crippen MR) is 61.0 cm³/mol. The molecule has 0 saturated carbocycles. The van der Waals surface area contributed by atoms with E-state index in [0.29, 0.717) is 11.1 Å². The Kier molecular flexibility index (Phi) is 3.36. The van der Waals surface area contributed by atoms with E-state index in [1.807, 2.05) is 0 Å². The van der Waals surface area contributed by atoms with Crippen molar-refractivity contribution in [2.24, 2.45) is 0 Å². The zero-order chi connectivity index (χ0) is 12.3. The smallest absolute Gasteiger partial charge is 0.333 e. The molecule has 0 aliphatic carbocycles. The van der Waals surface area contributed by atoms with E-state index in [4.69, 9.17) is 11.5 Å². The van der Waals surface area contributed by atoms with Gasteiger partial charge in [0.2, 0.25) is 0 Å². The van der Waals surface area contributed by atoms with E-state index in [1.54, 1.807) is 38.1 Å². The van der Waals surface area contributed by atoms with Crippen molar-refractivity contribution < 1.29 is 15.0 Å². The van der Waals surface area contributed by atoms with E-state index < -0.39 is 17.5 Å². The van der Waals surface area contributed by atoms with Gasteiger partial charge in [-0.1, -0.05) is 31.9 Å². The van der Waals surface area contributed by atoms with Gasteiger partial charge in [0.25, 0.3) is 0 Å². The summed E-state index contributed by atoms with van der Waals surface area (Å²) in [5.74, 6) is 1.24. The van der Waals surface area contributed by atoms with Gasteiger partial charge in [0, 0.05) is 11.0 Å². The molecular formula is C13H14O3. The molecule has 3 nitrogen and oxygen atoms in total. The maximum absolute atomic E-state index is 10.8.